The Balaban J connectivity index is 1.71. The summed E-state index contributed by atoms with van der Waals surface area (Å²) in [6.45, 7) is 3.15. The number of halogens is 1. The van der Waals surface area contributed by atoms with Crippen LogP contribution in [0.2, 0.25) is 0 Å². The van der Waals surface area contributed by atoms with E-state index in [4.69, 9.17) is 0 Å². The molecule has 2 N–H and O–H groups in total. The third-order valence-corrected chi connectivity index (χ3v) is 4.32. The van der Waals surface area contributed by atoms with Gasteiger partial charge in [0, 0.05) is 26.2 Å². The summed E-state index contributed by atoms with van der Waals surface area (Å²) in [4.78, 5) is 31.2. The molecule has 9 heteroatoms. The van der Waals surface area contributed by atoms with Crippen LogP contribution >= 0.6 is 0 Å². The Bertz CT molecular complexity index is 772. The van der Waals surface area contributed by atoms with Gasteiger partial charge in [-0.1, -0.05) is 12.1 Å². The molecule has 0 saturated carbocycles. The van der Waals surface area contributed by atoms with Crippen molar-refractivity contribution in [1.82, 2.24) is 25.0 Å². The molecule has 0 radical (unpaired) electrons. The van der Waals surface area contributed by atoms with Gasteiger partial charge in [0.05, 0.1) is 0 Å². The van der Waals surface area contributed by atoms with Gasteiger partial charge in [-0.05, 0) is 24.1 Å². The number of hydrogen-bond acceptors (Lipinski definition) is 5. The molecule has 1 amide bonds. The van der Waals surface area contributed by atoms with Gasteiger partial charge in [0.2, 0.25) is 5.82 Å². The Morgan fingerprint density at radius 3 is 2.56 bits per heavy atom. The molecule has 0 aliphatic carbocycles. The van der Waals surface area contributed by atoms with E-state index in [0.717, 1.165) is 0 Å². The standard InChI is InChI=1S/C16H18FN5O3/c1-10-8-11(2-3-12(10)17)13(16(24)25)21-4-6-22(7-5-21)15(23)14-18-9-19-20-14/h2-3,8-9,13H,4-7H2,1H3,(H,24,25)(H,18,19,20)/t13-/m1/s1. The maximum atomic E-state index is 13.5. The number of hydrogen-bond donors (Lipinski definition) is 2. The molecule has 1 fully saturated rings. The van der Waals surface area contributed by atoms with E-state index in [1.54, 1.807) is 22.8 Å². The van der Waals surface area contributed by atoms with Gasteiger partial charge in [0.15, 0.2) is 0 Å². The zero-order valence-electron chi connectivity index (χ0n) is 13.6. The zero-order chi connectivity index (χ0) is 18.0. The van der Waals surface area contributed by atoms with Crippen molar-refractivity contribution >= 4 is 11.9 Å². The van der Waals surface area contributed by atoms with E-state index >= 15 is 0 Å². The molecule has 1 aromatic carbocycles. The summed E-state index contributed by atoms with van der Waals surface area (Å²) in [5.74, 6) is -1.46. The predicted octanol–water partition coefficient (Wildman–Crippen LogP) is 0.836. The highest BCUT2D eigenvalue weighted by Gasteiger charge is 2.32. The number of H-pyrrole nitrogens is 1. The first-order valence-electron chi connectivity index (χ1n) is 7.85. The summed E-state index contributed by atoms with van der Waals surface area (Å²) in [6, 6.07) is 3.46. The highest BCUT2D eigenvalue weighted by molar-refractivity contribution is 5.90. The maximum absolute atomic E-state index is 13.5. The normalized spacial score (nSPS) is 16.6. The second-order valence-electron chi connectivity index (χ2n) is 5.91. The van der Waals surface area contributed by atoms with E-state index in [9.17, 15) is 19.1 Å². The third-order valence-electron chi connectivity index (χ3n) is 4.32. The lowest BCUT2D eigenvalue weighted by atomic mass is 10.0. The number of nitrogens with zero attached hydrogens (tertiary/aromatic N) is 4. The highest BCUT2D eigenvalue weighted by Crippen LogP contribution is 2.24. The van der Waals surface area contributed by atoms with Gasteiger partial charge in [-0.25, -0.2) is 9.37 Å². The smallest absolute Gasteiger partial charge is 0.325 e. The summed E-state index contributed by atoms with van der Waals surface area (Å²) in [6.07, 6.45) is 1.26. The molecular weight excluding hydrogens is 329 g/mol. The number of carbonyl (C=O) groups is 2. The summed E-state index contributed by atoms with van der Waals surface area (Å²) in [5, 5.41) is 15.8. The van der Waals surface area contributed by atoms with Crippen LogP contribution < -0.4 is 0 Å². The van der Waals surface area contributed by atoms with Gasteiger partial charge in [0.25, 0.3) is 5.91 Å². The summed E-state index contributed by atoms with van der Waals surface area (Å²) < 4.78 is 13.5. The lowest BCUT2D eigenvalue weighted by Gasteiger charge is -2.37. The number of nitrogens with one attached hydrogen (secondary N) is 1. The fraction of sp³-hybridized carbons (Fsp3) is 0.375. The molecule has 1 saturated heterocycles. The van der Waals surface area contributed by atoms with Crippen molar-refractivity contribution in [3.05, 3.63) is 47.3 Å². The van der Waals surface area contributed by atoms with Crippen LogP contribution in [0.5, 0.6) is 0 Å². The number of rotatable bonds is 4. The number of aromatic amines is 1. The maximum Gasteiger partial charge on any atom is 0.325 e. The molecule has 132 valence electrons. The molecule has 0 unspecified atom stereocenters. The predicted molar refractivity (Wildman–Crippen MR) is 85.4 cm³/mol. The number of carbonyl (C=O) groups excluding carboxylic acids is 1. The summed E-state index contributed by atoms with van der Waals surface area (Å²) in [7, 11) is 0. The van der Waals surface area contributed by atoms with E-state index in [1.807, 2.05) is 0 Å². The van der Waals surface area contributed by atoms with E-state index in [2.05, 4.69) is 15.2 Å². The van der Waals surface area contributed by atoms with Gasteiger partial charge in [0.1, 0.15) is 18.2 Å². The van der Waals surface area contributed by atoms with Crippen LogP contribution in [0.4, 0.5) is 4.39 Å². The number of piperazine rings is 1. The van der Waals surface area contributed by atoms with E-state index in [-0.39, 0.29) is 17.5 Å². The molecule has 1 aliphatic rings. The Kier molecular flexibility index (Phi) is 4.75. The number of aliphatic carboxylic acids is 1. The quantitative estimate of drug-likeness (QED) is 0.849. The number of benzene rings is 1. The topological polar surface area (TPSA) is 102 Å². The molecule has 25 heavy (non-hydrogen) atoms. The van der Waals surface area contributed by atoms with Gasteiger partial charge in [-0.3, -0.25) is 19.6 Å². The highest BCUT2D eigenvalue weighted by atomic mass is 19.1. The molecular formula is C16H18FN5O3. The van der Waals surface area contributed by atoms with E-state index in [0.29, 0.717) is 37.3 Å². The Labute approximate surface area is 143 Å². The average molecular weight is 347 g/mol. The third kappa shape index (κ3) is 3.50. The van der Waals surface area contributed by atoms with Crippen molar-refractivity contribution in [1.29, 1.82) is 0 Å². The Morgan fingerprint density at radius 1 is 1.28 bits per heavy atom. The lowest BCUT2D eigenvalue weighted by molar-refractivity contribution is -0.144. The van der Waals surface area contributed by atoms with Crippen LogP contribution in [0.25, 0.3) is 0 Å². The van der Waals surface area contributed by atoms with Crippen molar-refractivity contribution in [2.75, 3.05) is 26.2 Å². The molecule has 8 nitrogen and oxygen atoms in total. The van der Waals surface area contributed by atoms with Crippen LogP contribution in [0.15, 0.2) is 24.5 Å². The molecule has 1 atom stereocenters. The largest absolute Gasteiger partial charge is 0.480 e. The SMILES string of the molecule is Cc1cc([C@H](C(=O)O)N2CCN(C(=O)c3ncn[nH]3)CC2)ccc1F. The number of amides is 1. The molecule has 0 spiro atoms. The first kappa shape index (κ1) is 17.0. The number of aromatic nitrogens is 3. The number of carboxylic acid groups (broad SMARTS) is 1. The van der Waals surface area contributed by atoms with Crippen LogP contribution in [0.3, 0.4) is 0 Å². The Hall–Kier alpha value is -2.81. The monoisotopic (exact) mass is 347 g/mol. The first-order chi connectivity index (χ1) is 12.0. The van der Waals surface area contributed by atoms with Crippen LogP contribution in [-0.2, 0) is 4.79 Å². The van der Waals surface area contributed by atoms with E-state index in [1.165, 1.54) is 18.5 Å². The molecule has 0 bridgehead atoms. The second-order valence-corrected chi connectivity index (χ2v) is 5.91. The van der Waals surface area contributed by atoms with Gasteiger partial charge >= 0.3 is 5.97 Å². The van der Waals surface area contributed by atoms with Crippen LogP contribution in [-0.4, -0.2) is 68.1 Å². The molecule has 1 aliphatic heterocycles. The van der Waals surface area contributed by atoms with Crippen LogP contribution in [0.1, 0.15) is 27.8 Å². The van der Waals surface area contributed by atoms with E-state index < -0.39 is 12.0 Å². The molecule has 2 heterocycles. The lowest BCUT2D eigenvalue weighted by Crippen LogP contribution is -2.51. The van der Waals surface area contributed by atoms with Gasteiger partial charge < -0.3 is 10.0 Å². The summed E-state index contributed by atoms with van der Waals surface area (Å²) >= 11 is 0. The fourth-order valence-corrected chi connectivity index (χ4v) is 2.99. The minimum Gasteiger partial charge on any atom is -0.480 e. The first-order valence-corrected chi connectivity index (χ1v) is 7.85. The second kappa shape index (κ2) is 6.98. The van der Waals surface area contributed by atoms with Crippen molar-refractivity contribution in [2.24, 2.45) is 0 Å². The van der Waals surface area contributed by atoms with Crippen molar-refractivity contribution in [3.63, 3.8) is 0 Å². The van der Waals surface area contributed by atoms with Crippen molar-refractivity contribution < 1.29 is 19.1 Å². The average Bonchev–Trinajstić information content (AvgIpc) is 3.12. The van der Waals surface area contributed by atoms with Gasteiger partial charge in [-0.2, -0.15) is 5.10 Å². The molecule has 1 aromatic heterocycles. The number of carboxylic acids is 1. The minimum atomic E-state index is -0.999. The van der Waals surface area contributed by atoms with Gasteiger partial charge in [-0.15, -0.1) is 0 Å². The van der Waals surface area contributed by atoms with Crippen molar-refractivity contribution in [2.45, 2.75) is 13.0 Å². The van der Waals surface area contributed by atoms with Crippen molar-refractivity contribution in [3.8, 4) is 0 Å². The molecule has 3 rings (SSSR count). The molecule has 2 aromatic rings. The fourth-order valence-electron chi connectivity index (χ4n) is 2.99. The Morgan fingerprint density at radius 2 is 2.00 bits per heavy atom. The minimum absolute atomic E-state index is 0.164. The zero-order valence-corrected chi connectivity index (χ0v) is 13.6. The number of aryl methyl sites for hydroxylation is 1. The van der Waals surface area contributed by atoms with Crippen LogP contribution in [0, 0.1) is 12.7 Å². The summed E-state index contributed by atoms with van der Waals surface area (Å²) in [5.41, 5.74) is 0.935.